The summed E-state index contributed by atoms with van der Waals surface area (Å²) < 4.78 is 0.796. The van der Waals surface area contributed by atoms with E-state index in [1.807, 2.05) is 13.0 Å². The van der Waals surface area contributed by atoms with Crippen molar-refractivity contribution >= 4 is 22.9 Å². The molecule has 1 aromatic rings. The fraction of sp³-hybridized carbons (Fsp3) is 0.636. The summed E-state index contributed by atoms with van der Waals surface area (Å²) in [7, 11) is 0. The number of aryl methyl sites for hydroxylation is 1. The zero-order valence-corrected chi connectivity index (χ0v) is 10.5. The Morgan fingerprint density at radius 2 is 2.00 bits per heavy atom. The van der Waals surface area contributed by atoms with E-state index in [1.165, 1.54) is 11.3 Å². The van der Waals surface area contributed by atoms with Crippen molar-refractivity contribution in [3.05, 3.63) is 20.8 Å². The van der Waals surface area contributed by atoms with E-state index in [0.717, 1.165) is 27.6 Å². The average molecular weight is 233 g/mol. The molecule has 0 saturated heterocycles. The van der Waals surface area contributed by atoms with Crippen LogP contribution in [0.3, 0.4) is 0 Å². The van der Waals surface area contributed by atoms with E-state index in [2.05, 4.69) is 13.8 Å². The van der Waals surface area contributed by atoms with Gasteiger partial charge in [0.25, 0.3) is 0 Å². The van der Waals surface area contributed by atoms with E-state index in [-0.39, 0.29) is 6.10 Å². The molecule has 1 nitrogen and oxygen atoms in total. The lowest BCUT2D eigenvalue weighted by atomic mass is 9.95. The SMILES string of the molecule is CCC(CC)C(O)c1cc(C)c(Cl)s1. The smallest absolute Gasteiger partial charge is 0.0961 e. The summed E-state index contributed by atoms with van der Waals surface area (Å²) >= 11 is 7.47. The summed E-state index contributed by atoms with van der Waals surface area (Å²) in [4.78, 5) is 1.00. The molecule has 1 unspecified atom stereocenters. The van der Waals surface area contributed by atoms with Crippen molar-refractivity contribution in [3.63, 3.8) is 0 Å². The van der Waals surface area contributed by atoms with E-state index in [4.69, 9.17) is 11.6 Å². The highest BCUT2D eigenvalue weighted by atomic mass is 35.5. The van der Waals surface area contributed by atoms with Gasteiger partial charge in [-0.25, -0.2) is 0 Å². The Kier molecular flexibility index (Phi) is 4.42. The van der Waals surface area contributed by atoms with Crippen LogP contribution in [0.15, 0.2) is 6.07 Å². The molecular formula is C11H17ClOS. The molecule has 0 amide bonds. The highest BCUT2D eigenvalue weighted by Gasteiger charge is 2.19. The van der Waals surface area contributed by atoms with E-state index in [1.54, 1.807) is 0 Å². The predicted molar refractivity (Wildman–Crippen MR) is 63.1 cm³/mol. The van der Waals surface area contributed by atoms with Crippen LogP contribution in [-0.4, -0.2) is 5.11 Å². The molecule has 0 radical (unpaired) electrons. The maximum atomic E-state index is 10.1. The van der Waals surface area contributed by atoms with Crippen LogP contribution >= 0.6 is 22.9 Å². The van der Waals surface area contributed by atoms with Gasteiger partial charge in [-0.05, 0) is 24.5 Å². The molecule has 1 atom stereocenters. The molecule has 0 saturated carbocycles. The number of halogens is 1. The van der Waals surface area contributed by atoms with Gasteiger partial charge in [-0.15, -0.1) is 11.3 Å². The normalized spacial score (nSPS) is 13.6. The Hall–Kier alpha value is -0.0500. The standard InChI is InChI=1S/C11H17ClOS/c1-4-8(5-2)10(13)9-6-7(3)11(12)14-9/h6,8,10,13H,4-5H2,1-3H3. The zero-order chi connectivity index (χ0) is 10.7. The van der Waals surface area contributed by atoms with Crippen LogP contribution < -0.4 is 0 Å². The number of aliphatic hydroxyl groups excluding tert-OH is 1. The minimum Gasteiger partial charge on any atom is -0.387 e. The maximum absolute atomic E-state index is 10.1. The first-order valence-corrected chi connectivity index (χ1v) is 6.23. The van der Waals surface area contributed by atoms with Gasteiger partial charge in [-0.1, -0.05) is 38.3 Å². The second-order valence-electron chi connectivity index (χ2n) is 3.63. The Labute approximate surface area is 94.7 Å². The van der Waals surface area contributed by atoms with Crippen LogP contribution in [0.1, 0.15) is 43.2 Å². The van der Waals surface area contributed by atoms with Gasteiger partial charge in [-0.3, -0.25) is 0 Å². The van der Waals surface area contributed by atoms with Gasteiger partial charge in [0.15, 0.2) is 0 Å². The number of hydrogen-bond acceptors (Lipinski definition) is 2. The molecule has 1 aromatic heterocycles. The van der Waals surface area contributed by atoms with Gasteiger partial charge < -0.3 is 5.11 Å². The molecule has 0 aliphatic heterocycles. The molecule has 0 spiro atoms. The van der Waals surface area contributed by atoms with Crippen LogP contribution in [0.2, 0.25) is 4.34 Å². The zero-order valence-electron chi connectivity index (χ0n) is 8.88. The Morgan fingerprint density at radius 3 is 2.36 bits per heavy atom. The fourth-order valence-corrected chi connectivity index (χ4v) is 2.89. The summed E-state index contributed by atoms with van der Waals surface area (Å²) in [6.07, 6.45) is 1.67. The fourth-order valence-electron chi connectivity index (χ4n) is 1.60. The van der Waals surface area contributed by atoms with E-state index in [0.29, 0.717) is 5.92 Å². The Morgan fingerprint density at radius 1 is 1.43 bits per heavy atom. The van der Waals surface area contributed by atoms with Gasteiger partial charge >= 0.3 is 0 Å². The second-order valence-corrected chi connectivity index (χ2v) is 5.31. The predicted octanol–water partition coefficient (Wildman–Crippen LogP) is 4.18. The first kappa shape index (κ1) is 12.0. The molecule has 0 aliphatic rings. The molecular weight excluding hydrogens is 216 g/mol. The van der Waals surface area contributed by atoms with Crippen molar-refractivity contribution in [2.45, 2.75) is 39.7 Å². The van der Waals surface area contributed by atoms with Gasteiger partial charge in [0.1, 0.15) is 0 Å². The van der Waals surface area contributed by atoms with Crippen molar-refractivity contribution in [1.82, 2.24) is 0 Å². The third-order valence-corrected chi connectivity index (χ3v) is 4.29. The summed E-state index contributed by atoms with van der Waals surface area (Å²) in [5, 5.41) is 10.1. The molecule has 80 valence electrons. The van der Waals surface area contributed by atoms with E-state index >= 15 is 0 Å². The van der Waals surface area contributed by atoms with Crippen molar-refractivity contribution in [2.75, 3.05) is 0 Å². The lowest BCUT2D eigenvalue weighted by molar-refractivity contribution is 0.107. The highest BCUT2D eigenvalue weighted by Crippen LogP contribution is 2.36. The molecule has 0 aromatic carbocycles. The summed E-state index contributed by atoms with van der Waals surface area (Å²) in [6.45, 7) is 6.20. The van der Waals surface area contributed by atoms with Gasteiger partial charge in [0.05, 0.1) is 10.4 Å². The topological polar surface area (TPSA) is 20.2 Å². The molecule has 0 fully saturated rings. The third-order valence-electron chi connectivity index (χ3n) is 2.66. The molecule has 14 heavy (non-hydrogen) atoms. The number of aliphatic hydroxyl groups is 1. The molecule has 0 bridgehead atoms. The third kappa shape index (κ3) is 2.50. The number of thiophene rings is 1. The number of hydrogen-bond donors (Lipinski definition) is 1. The molecule has 1 N–H and O–H groups in total. The molecule has 1 rings (SSSR count). The van der Waals surface area contributed by atoms with Crippen molar-refractivity contribution in [1.29, 1.82) is 0 Å². The summed E-state index contributed by atoms with van der Waals surface area (Å²) in [5.41, 5.74) is 1.07. The molecule has 0 aliphatic carbocycles. The summed E-state index contributed by atoms with van der Waals surface area (Å²) in [5.74, 6) is 0.351. The van der Waals surface area contributed by atoms with Crippen LogP contribution in [-0.2, 0) is 0 Å². The Balaban J connectivity index is 2.82. The first-order chi connectivity index (χ1) is 6.60. The van der Waals surface area contributed by atoms with E-state index < -0.39 is 0 Å². The van der Waals surface area contributed by atoms with Gasteiger partial charge in [-0.2, -0.15) is 0 Å². The van der Waals surface area contributed by atoms with Gasteiger partial charge in [0.2, 0.25) is 0 Å². The van der Waals surface area contributed by atoms with Crippen LogP contribution in [0, 0.1) is 12.8 Å². The molecule has 3 heteroatoms. The quantitative estimate of drug-likeness (QED) is 0.826. The maximum Gasteiger partial charge on any atom is 0.0961 e. The van der Waals surface area contributed by atoms with Gasteiger partial charge in [0, 0.05) is 4.88 Å². The Bertz CT molecular complexity index is 272. The highest BCUT2D eigenvalue weighted by molar-refractivity contribution is 7.16. The van der Waals surface area contributed by atoms with Crippen LogP contribution in [0.5, 0.6) is 0 Å². The van der Waals surface area contributed by atoms with Crippen molar-refractivity contribution < 1.29 is 5.11 Å². The monoisotopic (exact) mass is 232 g/mol. The van der Waals surface area contributed by atoms with Crippen molar-refractivity contribution in [2.24, 2.45) is 5.92 Å². The molecule has 1 heterocycles. The minimum absolute atomic E-state index is 0.346. The first-order valence-electron chi connectivity index (χ1n) is 5.04. The van der Waals surface area contributed by atoms with Crippen LogP contribution in [0.25, 0.3) is 0 Å². The average Bonchev–Trinajstić information content (AvgIpc) is 2.49. The summed E-state index contributed by atoms with van der Waals surface area (Å²) in [6, 6.07) is 2.00. The number of rotatable bonds is 4. The van der Waals surface area contributed by atoms with E-state index in [9.17, 15) is 5.11 Å². The lowest BCUT2D eigenvalue weighted by Gasteiger charge is -2.18. The largest absolute Gasteiger partial charge is 0.387 e. The minimum atomic E-state index is -0.346. The second kappa shape index (κ2) is 5.15. The van der Waals surface area contributed by atoms with Crippen LogP contribution in [0.4, 0.5) is 0 Å². The van der Waals surface area contributed by atoms with Crippen molar-refractivity contribution in [3.8, 4) is 0 Å². The lowest BCUT2D eigenvalue weighted by Crippen LogP contribution is -2.09.